The van der Waals surface area contributed by atoms with Crippen LogP contribution in [0.3, 0.4) is 0 Å². The van der Waals surface area contributed by atoms with E-state index in [0.29, 0.717) is 12.4 Å². The van der Waals surface area contributed by atoms with E-state index in [1.54, 1.807) is 4.57 Å². The molecule has 136 valence electrons. The van der Waals surface area contributed by atoms with Gasteiger partial charge >= 0.3 is 0 Å². The van der Waals surface area contributed by atoms with Crippen molar-refractivity contribution in [3.63, 3.8) is 0 Å². The van der Waals surface area contributed by atoms with Gasteiger partial charge in [0.25, 0.3) is 5.56 Å². The number of aromatic nitrogens is 2. The summed E-state index contributed by atoms with van der Waals surface area (Å²) in [5.74, 6) is 0.115. The lowest BCUT2D eigenvalue weighted by molar-refractivity contribution is 0.154. The summed E-state index contributed by atoms with van der Waals surface area (Å²) in [6.45, 7) is 8.14. The van der Waals surface area contributed by atoms with E-state index in [2.05, 4.69) is 22.1 Å². The Morgan fingerprint density at radius 1 is 1.32 bits per heavy atom. The molecule has 7 heteroatoms. The molecule has 2 heterocycles. The molecule has 0 saturated carbocycles. The average Bonchev–Trinajstić information content (AvgIpc) is 2.61. The molecule has 1 fully saturated rings. The molecule has 0 spiro atoms. The molecule has 1 aliphatic heterocycles. The molecular weight excluding hydrogens is 343 g/mol. The van der Waals surface area contributed by atoms with Crippen LogP contribution in [-0.2, 0) is 6.54 Å². The zero-order chi connectivity index (χ0) is 18.0. The minimum atomic E-state index is -0.542. The van der Waals surface area contributed by atoms with Gasteiger partial charge in [-0.2, -0.15) is 0 Å². The Morgan fingerprint density at radius 2 is 2.04 bits per heavy atom. The van der Waals surface area contributed by atoms with E-state index in [0.717, 1.165) is 39.0 Å². The van der Waals surface area contributed by atoms with E-state index in [1.807, 2.05) is 6.92 Å². The van der Waals surface area contributed by atoms with Crippen molar-refractivity contribution in [3.8, 4) is 0 Å². The number of nitrogens with zero attached hydrogens (tertiary/aromatic N) is 3. The van der Waals surface area contributed by atoms with E-state index >= 15 is 0 Å². The molecule has 0 aliphatic carbocycles. The lowest BCUT2D eigenvalue weighted by Crippen LogP contribution is -2.46. The second kappa shape index (κ2) is 7.81. The quantitative estimate of drug-likeness (QED) is 0.883. The first-order valence-electron chi connectivity index (χ1n) is 8.91. The van der Waals surface area contributed by atoms with Gasteiger partial charge in [0.15, 0.2) is 5.82 Å². The molecule has 1 aromatic carbocycles. The van der Waals surface area contributed by atoms with Gasteiger partial charge in [-0.15, -0.1) is 0 Å². The fourth-order valence-corrected chi connectivity index (χ4v) is 3.77. The summed E-state index contributed by atoms with van der Waals surface area (Å²) < 4.78 is 16.1. The highest BCUT2D eigenvalue weighted by Gasteiger charge is 2.27. The molecular formula is C18H24ClFN4O. The van der Waals surface area contributed by atoms with Crippen LogP contribution in [0.5, 0.6) is 0 Å². The smallest absolute Gasteiger partial charge is 0.261 e. The van der Waals surface area contributed by atoms with Gasteiger partial charge in [0, 0.05) is 37.7 Å². The SMILES string of the molecule is CCC[C@H](c1nc2c(F)cc(Cl)cc2c(=O)n1CC)N1CCNCC1. The maximum absolute atomic E-state index is 14.4. The Hall–Kier alpha value is -1.50. The van der Waals surface area contributed by atoms with Crippen molar-refractivity contribution in [2.45, 2.75) is 39.3 Å². The fraction of sp³-hybridized carbons (Fsp3) is 0.556. The van der Waals surface area contributed by atoms with E-state index < -0.39 is 5.82 Å². The molecule has 5 nitrogen and oxygen atoms in total. The standard InChI is InChI=1S/C18H24ClFN4O/c1-3-5-15(23-8-6-21-7-9-23)17-22-16-13(18(25)24(17)4-2)10-12(19)11-14(16)20/h10-11,15,21H,3-9H2,1-2H3/t15-/m1/s1. The van der Waals surface area contributed by atoms with Gasteiger partial charge in [-0.05, 0) is 25.5 Å². The first kappa shape index (κ1) is 18.3. The Kier molecular flexibility index (Phi) is 5.71. The van der Waals surface area contributed by atoms with Gasteiger partial charge in [0.1, 0.15) is 11.3 Å². The molecule has 0 unspecified atom stereocenters. The topological polar surface area (TPSA) is 50.2 Å². The highest BCUT2D eigenvalue weighted by Crippen LogP contribution is 2.27. The van der Waals surface area contributed by atoms with Crippen LogP contribution in [0.15, 0.2) is 16.9 Å². The van der Waals surface area contributed by atoms with Crippen molar-refractivity contribution in [2.75, 3.05) is 26.2 Å². The molecule has 0 amide bonds. The molecule has 0 bridgehead atoms. The predicted molar refractivity (Wildman–Crippen MR) is 98.7 cm³/mol. The summed E-state index contributed by atoms with van der Waals surface area (Å²) in [5.41, 5.74) is -0.106. The van der Waals surface area contributed by atoms with Crippen molar-refractivity contribution in [1.29, 1.82) is 0 Å². The van der Waals surface area contributed by atoms with Gasteiger partial charge in [-0.25, -0.2) is 9.37 Å². The zero-order valence-electron chi connectivity index (χ0n) is 14.7. The van der Waals surface area contributed by atoms with Crippen LogP contribution < -0.4 is 10.9 Å². The summed E-state index contributed by atoms with van der Waals surface area (Å²) >= 11 is 5.93. The fourth-order valence-electron chi connectivity index (χ4n) is 3.57. The number of piperazine rings is 1. The van der Waals surface area contributed by atoms with E-state index in [1.165, 1.54) is 12.1 Å². The van der Waals surface area contributed by atoms with Crippen molar-refractivity contribution in [3.05, 3.63) is 39.2 Å². The number of halogens is 2. The Balaban J connectivity index is 2.20. The number of nitrogens with one attached hydrogen (secondary N) is 1. The lowest BCUT2D eigenvalue weighted by atomic mass is 10.1. The lowest BCUT2D eigenvalue weighted by Gasteiger charge is -2.35. The molecule has 25 heavy (non-hydrogen) atoms. The third kappa shape index (κ3) is 3.57. The monoisotopic (exact) mass is 366 g/mol. The molecule has 1 N–H and O–H groups in total. The Bertz CT molecular complexity index is 817. The maximum Gasteiger partial charge on any atom is 0.261 e. The van der Waals surface area contributed by atoms with E-state index in [4.69, 9.17) is 11.6 Å². The van der Waals surface area contributed by atoms with Gasteiger partial charge in [-0.3, -0.25) is 14.3 Å². The largest absolute Gasteiger partial charge is 0.314 e. The molecule has 1 aromatic heterocycles. The van der Waals surface area contributed by atoms with Crippen LogP contribution in [0.4, 0.5) is 4.39 Å². The highest BCUT2D eigenvalue weighted by molar-refractivity contribution is 6.31. The molecule has 2 aromatic rings. The second-order valence-corrected chi connectivity index (χ2v) is 6.83. The normalized spacial score (nSPS) is 17.1. The van der Waals surface area contributed by atoms with Crippen LogP contribution in [0.25, 0.3) is 10.9 Å². The van der Waals surface area contributed by atoms with Crippen molar-refractivity contribution < 1.29 is 4.39 Å². The summed E-state index contributed by atoms with van der Waals surface area (Å²) in [4.78, 5) is 19.9. The van der Waals surface area contributed by atoms with Crippen LogP contribution in [0, 0.1) is 5.82 Å². The van der Waals surface area contributed by atoms with Crippen LogP contribution in [0.1, 0.15) is 38.6 Å². The number of rotatable bonds is 5. The summed E-state index contributed by atoms with van der Waals surface area (Å²) in [6, 6.07) is 2.74. The number of fused-ring (bicyclic) bond motifs is 1. The van der Waals surface area contributed by atoms with E-state index in [-0.39, 0.29) is 27.5 Å². The zero-order valence-corrected chi connectivity index (χ0v) is 15.4. The predicted octanol–water partition coefficient (Wildman–Crippen LogP) is 2.96. The molecule has 0 radical (unpaired) electrons. The number of benzene rings is 1. The Morgan fingerprint density at radius 3 is 2.68 bits per heavy atom. The van der Waals surface area contributed by atoms with Gasteiger partial charge in [0.05, 0.1) is 11.4 Å². The van der Waals surface area contributed by atoms with Crippen LogP contribution in [0.2, 0.25) is 5.02 Å². The third-order valence-electron chi connectivity index (χ3n) is 4.78. The number of hydrogen-bond donors (Lipinski definition) is 1. The third-order valence-corrected chi connectivity index (χ3v) is 4.99. The van der Waals surface area contributed by atoms with Crippen LogP contribution >= 0.6 is 11.6 Å². The van der Waals surface area contributed by atoms with Crippen LogP contribution in [-0.4, -0.2) is 40.6 Å². The first-order chi connectivity index (χ1) is 12.1. The average molecular weight is 367 g/mol. The molecule has 1 atom stereocenters. The number of hydrogen-bond acceptors (Lipinski definition) is 4. The summed E-state index contributed by atoms with van der Waals surface area (Å²) in [5, 5.41) is 3.80. The summed E-state index contributed by atoms with van der Waals surface area (Å²) in [6.07, 6.45) is 1.85. The highest BCUT2D eigenvalue weighted by atomic mass is 35.5. The van der Waals surface area contributed by atoms with Crippen molar-refractivity contribution in [1.82, 2.24) is 19.8 Å². The second-order valence-electron chi connectivity index (χ2n) is 6.39. The molecule has 1 aliphatic rings. The molecule has 3 rings (SSSR count). The van der Waals surface area contributed by atoms with Crippen molar-refractivity contribution >= 4 is 22.5 Å². The van der Waals surface area contributed by atoms with Crippen molar-refractivity contribution in [2.24, 2.45) is 0 Å². The molecule has 1 saturated heterocycles. The van der Waals surface area contributed by atoms with Gasteiger partial charge < -0.3 is 5.32 Å². The van der Waals surface area contributed by atoms with Gasteiger partial charge in [0.2, 0.25) is 0 Å². The first-order valence-corrected chi connectivity index (χ1v) is 9.28. The minimum Gasteiger partial charge on any atom is -0.314 e. The minimum absolute atomic E-state index is 0.0132. The maximum atomic E-state index is 14.4. The van der Waals surface area contributed by atoms with E-state index in [9.17, 15) is 9.18 Å². The Labute approximate surface area is 151 Å². The summed E-state index contributed by atoms with van der Waals surface area (Å²) in [7, 11) is 0. The van der Waals surface area contributed by atoms with Gasteiger partial charge in [-0.1, -0.05) is 24.9 Å².